The summed E-state index contributed by atoms with van der Waals surface area (Å²) >= 11 is 0. The van der Waals surface area contributed by atoms with Crippen LogP contribution in [0.1, 0.15) is 30.1 Å². The number of hydrogen-bond donors (Lipinski definition) is 0. The van der Waals surface area contributed by atoms with Crippen LogP contribution < -0.4 is 15.4 Å². The van der Waals surface area contributed by atoms with Gasteiger partial charge in [0.2, 0.25) is 5.95 Å². The molecule has 1 fully saturated rings. The van der Waals surface area contributed by atoms with Crippen LogP contribution in [0.2, 0.25) is 0 Å². The Morgan fingerprint density at radius 3 is 2.52 bits per heavy atom. The minimum absolute atomic E-state index is 0.228. The van der Waals surface area contributed by atoms with Crippen LogP contribution in [0, 0.1) is 0 Å². The molecule has 142 valence electrons. The number of carbonyl (C=O) groups excluding carboxylic acids is 1. The molecule has 0 bridgehead atoms. The molecule has 0 aromatic carbocycles. The fourth-order valence-corrected chi connectivity index (χ4v) is 2.81. The van der Waals surface area contributed by atoms with Crippen LogP contribution in [0.3, 0.4) is 0 Å². The number of esters is 1. The minimum Gasteiger partial charge on any atom is -0.462 e. The van der Waals surface area contributed by atoms with Crippen molar-refractivity contribution in [1.29, 1.82) is 0 Å². The van der Waals surface area contributed by atoms with Gasteiger partial charge in [-0.05, 0) is 24.6 Å². The van der Waals surface area contributed by atoms with Crippen molar-refractivity contribution in [3.05, 3.63) is 52.6 Å². The summed E-state index contributed by atoms with van der Waals surface area (Å²) in [5.74, 6) is 0.766. The third-order valence-electron chi connectivity index (χ3n) is 4.32. The van der Waals surface area contributed by atoms with Crippen LogP contribution in [0.5, 0.6) is 0 Å². The Balaban J connectivity index is 1.67. The first-order valence-corrected chi connectivity index (χ1v) is 9.14. The molecule has 1 aliphatic rings. The molecule has 0 spiro atoms. The second kappa shape index (κ2) is 9.07. The lowest BCUT2D eigenvalue weighted by Gasteiger charge is -2.35. The lowest BCUT2D eigenvalue weighted by atomic mass is 10.3. The van der Waals surface area contributed by atoms with Gasteiger partial charge in [0.15, 0.2) is 0 Å². The highest BCUT2D eigenvalue weighted by Gasteiger charge is 2.20. The van der Waals surface area contributed by atoms with E-state index >= 15 is 0 Å². The zero-order valence-corrected chi connectivity index (χ0v) is 15.4. The molecule has 27 heavy (non-hydrogen) atoms. The van der Waals surface area contributed by atoms with Crippen LogP contribution in [0.25, 0.3) is 0 Å². The summed E-state index contributed by atoms with van der Waals surface area (Å²) in [5.41, 5.74) is -0.225. The van der Waals surface area contributed by atoms with E-state index in [9.17, 15) is 9.59 Å². The molecule has 0 saturated carbocycles. The number of nitrogens with zero attached hydrogens (tertiary/aromatic N) is 5. The molecule has 8 heteroatoms. The number of anilines is 2. The normalized spacial score (nSPS) is 14.1. The highest BCUT2D eigenvalue weighted by molar-refractivity contribution is 5.89. The summed E-state index contributed by atoms with van der Waals surface area (Å²) in [4.78, 5) is 40.9. The molecule has 8 nitrogen and oxygen atoms in total. The first-order chi connectivity index (χ1) is 13.2. The summed E-state index contributed by atoms with van der Waals surface area (Å²) < 4.78 is 5.17. The maximum atomic E-state index is 12.1. The van der Waals surface area contributed by atoms with E-state index in [0.717, 1.165) is 25.9 Å². The molecular formula is C19H23N5O3. The van der Waals surface area contributed by atoms with E-state index in [-0.39, 0.29) is 5.56 Å². The summed E-state index contributed by atoms with van der Waals surface area (Å²) in [6.45, 7) is 5.20. The van der Waals surface area contributed by atoms with Gasteiger partial charge in [0.05, 0.1) is 12.2 Å². The zero-order chi connectivity index (χ0) is 19.1. The Morgan fingerprint density at radius 1 is 1.11 bits per heavy atom. The van der Waals surface area contributed by atoms with Crippen molar-refractivity contribution in [2.45, 2.75) is 19.8 Å². The zero-order valence-electron chi connectivity index (χ0n) is 15.4. The Labute approximate surface area is 157 Å². The van der Waals surface area contributed by atoms with Crippen molar-refractivity contribution < 1.29 is 9.53 Å². The first kappa shape index (κ1) is 18.8. The summed E-state index contributed by atoms with van der Waals surface area (Å²) in [5, 5.41) is 0. The summed E-state index contributed by atoms with van der Waals surface area (Å²) in [6.07, 6.45) is 5.18. The molecule has 0 N–H and O–H groups in total. The van der Waals surface area contributed by atoms with Gasteiger partial charge in [0, 0.05) is 44.6 Å². The smallest absolute Gasteiger partial charge is 0.338 e. The van der Waals surface area contributed by atoms with Crippen molar-refractivity contribution in [3.8, 4) is 0 Å². The average Bonchev–Trinajstić information content (AvgIpc) is 2.90. The molecule has 3 rings (SSSR count). The number of rotatable bonds is 6. The van der Waals surface area contributed by atoms with Gasteiger partial charge in [-0.1, -0.05) is 13.3 Å². The predicted octanol–water partition coefficient (Wildman–Crippen LogP) is 1.52. The van der Waals surface area contributed by atoms with Gasteiger partial charge < -0.3 is 14.5 Å². The summed E-state index contributed by atoms with van der Waals surface area (Å²) in [6, 6.07) is 6.32. The number of hydrogen-bond acceptors (Lipinski definition) is 8. The van der Waals surface area contributed by atoms with E-state index in [0.29, 0.717) is 31.5 Å². The number of unbranched alkanes of at least 4 members (excludes halogenated alkanes) is 1. The second-order valence-corrected chi connectivity index (χ2v) is 6.25. The minimum atomic E-state index is -0.490. The highest BCUT2D eigenvalue weighted by atomic mass is 16.5. The number of carbonyl (C=O) groups is 1. The van der Waals surface area contributed by atoms with Crippen molar-refractivity contribution in [3.63, 3.8) is 0 Å². The van der Waals surface area contributed by atoms with E-state index in [1.807, 2.05) is 11.8 Å². The number of ether oxygens (including phenoxy) is 1. The fraction of sp³-hybridized carbons (Fsp3) is 0.421. The largest absolute Gasteiger partial charge is 0.462 e. The van der Waals surface area contributed by atoms with Gasteiger partial charge in [-0.3, -0.25) is 4.79 Å². The number of aromatic nitrogens is 3. The Bertz CT molecular complexity index is 823. The maximum absolute atomic E-state index is 12.1. The van der Waals surface area contributed by atoms with E-state index in [1.165, 1.54) is 6.07 Å². The molecule has 0 atom stereocenters. The topological polar surface area (TPSA) is 88.5 Å². The number of piperazine rings is 1. The van der Waals surface area contributed by atoms with Crippen LogP contribution in [0.4, 0.5) is 11.8 Å². The highest BCUT2D eigenvalue weighted by Crippen LogP contribution is 2.15. The predicted molar refractivity (Wildman–Crippen MR) is 102 cm³/mol. The average molecular weight is 369 g/mol. The van der Waals surface area contributed by atoms with E-state index in [4.69, 9.17) is 4.74 Å². The van der Waals surface area contributed by atoms with Crippen molar-refractivity contribution in [2.24, 2.45) is 0 Å². The molecule has 1 saturated heterocycles. The van der Waals surface area contributed by atoms with Crippen LogP contribution in [-0.2, 0) is 4.74 Å². The first-order valence-electron chi connectivity index (χ1n) is 9.14. The van der Waals surface area contributed by atoms with Crippen molar-refractivity contribution in [1.82, 2.24) is 15.0 Å². The monoisotopic (exact) mass is 369 g/mol. The van der Waals surface area contributed by atoms with Gasteiger partial charge in [-0.2, -0.15) is 4.98 Å². The van der Waals surface area contributed by atoms with E-state index < -0.39 is 11.5 Å². The third kappa shape index (κ3) is 4.99. The lowest BCUT2D eigenvalue weighted by Crippen LogP contribution is -2.47. The van der Waals surface area contributed by atoms with Gasteiger partial charge in [-0.25, -0.2) is 14.8 Å². The third-order valence-corrected chi connectivity index (χ3v) is 4.32. The van der Waals surface area contributed by atoms with Crippen LogP contribution in [0.15, 0.2) is 41.5 Å². The Morgan fingerprint density at radius 2 is 1.81 bits per heavy atom. The molecule has 0 radical (unpaired) electrons. The standard InChI is InChI=1S/C19H23N5O3/c1-2-3-13-27-18(26)15-5-6-16(22-17(25)14-15)23-9-11-24(12-10-23)19-20-7-4-8-21-19/h4-8,14H,2-3,9-13H2,1H3. The maximum Gasteiger partial charge on any atom is 0.338 e. The van der Waals surface area contributed by atoms with Crippen molar-refractivity contribution in [2.75, 3.05) is 42.6 Å². The van der Waals surface area contributed by atoms with Gasteiger partial charge in [0.1, 0.15) is 5.82 Å². The molecule has 0 amide bonds. The molecule has 3 heterocycles. The van der Waals surface area contributed by atoms with Gasteiger partial charge >= 0.3 is 5.97 Å². The lowest BCUT2D eigenvalue weighted by molar-refractivity contribution is 0.0499. The van der Waals surface area contributed by atoms with Gasteiger partial charge in [0.25, 0.3) is 5.56 Å². The second-order valence-electron chi connectivity index (χ2n) is 6.25. The van der Waals surface area contributed by atoms with E-state index in [1.54, 1.807) is 30.6 Å². The molecule has 0 aliphatic carbocycles. The SMILES string of the molecule is CCCCOC(=O)c1ccc(N2CCN(c3ncccn3)CC2)nc(=O)c1. The summed E-state index contributed by atoms with van der Waals surface area (Å²) in [7, 11) is 0. The van der Waals surface area contributed by atoms with Gasteiger partial charge in [-0.15, -0.1) is 0 Å². The fourth-order valence-electron chi connectivity index (χ4n) is 2.81. The molecule has 0 unspecified atom stereocenters. The Kier molecular flexibility index (Phi) is 6.30. The van der Waals surface area contributed by atoms with E-state index in [2.05, 4.69) is 19.9 Å². The molecule has 1 aliphatic heterocycles. The Hall–Kier alpha value is -3.03. The van der Waals surface area contributed by atoms with Crippen LogP contribution >= 0.6 is 0 Å². The van der Waals surface area contributed by atoms with Crippen LogP contribution in [-0.4, -0.2) is 53.7 Å². The molecule has 2 aromatic heterocycles. The quantitative estimate of drug-likeness (QED) is 0.559. The van der Waals surface area contributed by atoms with Crippen molar-refractivity contribution >= 4 is 17.7 Å². The molecule has 2 aromatic rings. The molecular weight excluding hydrogens is 346 g/mol.